The van der Waals surface area contributed by atoms with Gasteiger partial charge in [-0.2, -0.15) is 18.3 Å². The number of nitrogens with zero attached hydrogens (tertiary/aromatic N) is 4. The first-order chi connectivity index (χ1) is 15.7. The van der Waals surface area contributed by atoms with Crippen molar-refractivity contribution in [1.29, 1.82) is 0 Å². The summed E-state index contributed by atoms with van der Waals surface area (Å²) in [7, 11) is 0. The molecule has 5 nitrogen and oxygen atoms in total. The molecule has 1 aromatic heterocycles. The van der Waals surface area contributed by atoms with Gasteiger partial charge in [0.05, 0.1) is 18.8 Å². The molecule has 180 valence electrons. The molecule has 3 heterocycles. The number of likely N-dealkylation sites (tertiary alicyclic amines) is 1. The molecule has 4 rings (SSSR count). The van der Waals surface area contributed by atoms with Crippen molar-refractivity contribution in [3.63, 3.8) is 0 Å². The van der Waals surface area contributed by atoms with Crippen LogP contribution in [0.15, 0.2) is 18.2 Å². The van der Waals surface area contributed by atoms with Crippen LogP contribution in [0.5, 0.6) is 0 Å². The Hall–Kier alpha value is -2.13. The molecule has 0 aliphatic carbocycles. The van der Waals surface area contributed by atoms with E-state index in [-0.39, 0.29) is 48.1 Å². The van der Waals surface area contributed by atoms with Gasteiger partial charge >= 0.3 is 6.18 Å². The highest BCUT2D eigenvalue weighted by molar-refractivity contribution is 6.30. The minimum atomic E-state index is -4.62. The lowest BCUT2D eigenvalue weighted by Gasteiger charge is -2.33. The SMILES string of the molecule is CCN1CCC(CC(=O)N2CCc3c(C(F)(F)F)nn(Cc4ccc(Cl)cc4F)c3C2)CC1. The van der Waals surface area contributed by atoms with Crippen molar-refractivity contribution in [2.45, 2.75) is 51.9 Å². The maximum absolute atomic E-state index is 14.3. The molecule has 0 spiro atoms. The van der Waals surface area contributed by atoms with Gasteiger partial charge < -0.3 is 9.80 Å². The number of rotatable bonds is 5. The van der Waals surface area contributed by atoms with Crippen molar-refractivity contribution in [3.05, 3.63) is 51.6 Å². The van der Waals surface area contributed by atoms with E-state index in [1.54, 1.807) is 4.90 Å². The van der Waals surface area contributed by atoms with E-state index in [0.717, 1.165) is 38.5 Å². The van der Waals surface area contributed by atoms with Gasteiger partial charge in [-0.1, -0.05) is 24.6 Å². The Morgan fingerprint density at radius 1 is 1.21 bits per heavy atom. The van der Waals surface area contributed by atoms with Gasteiger partial charge in [0.15, 0.2) is 5.69 Å². The van der Waals surface area contributed by atoms with Crippen molar-refractivity contribution in [2.24, 2.45) is 5.92 Å². The molecule has 10 heteroatoms. The Labute approximate surface area is 195 Å². The average Bonchev–Trinajstić information content (AvgIpc) is 3.14. The summed E-state index contributed by atoms with van der Waals surface area (Å²) in [5.74, 6) is -0.363. The largest absolute Gasteiger partial charge is 0.435 e. The second kappa shape index (κ2) is 9.62. The van der Waals surface area contributed by atoms with Crippen molar-refractivity contribution in [2.75, 3.05) is 26.2 Å². The van der Waals surface area contributed by atoms with E-state index < -0.39 is 17.7 Å². The molecule has 2 aliphatic heterocycles. The number of carbonyl (C=O) groups excluding carboxylic acids is 1. The van der Waals surface area contributed by atoms with Crippen LogP contribution in [0.2, 0.25) is 5.02 Å². The smallest absolute Gasteiger partial charge is 0.336 e. The quantitative estimate of drug-likeness (QED) is 0.573. The van der Waals surface area contributed by atoms with E-state index in [0.29, 0.717) is 18.0 Å². The Morgan fingerprint density at radius 3 is 2.58 bits per heavy atom. The number of halogens is 5. The molecule has 1 fully saturated rings. The third kappa shape index (κ3) is 5.35. The molecule has 0 radical (unpaired) electrons. The first-order valence-corrected chi connectivity index (χ1v) is 11.6. The van der Waals surface area contributed by atoms with E-state index in [4.69, 9.17) is 11.6 Å². The minimum absolute atomic E-state index is 0.0419. The molecular weight excluding hydrogens is 460 g/mol. The number of benzene rings is 1. The van der Waals surface area contributed by atoms with Crippen LogP contribution in [0.25, 0.3) is 0 Å². The zero-order valence-corrected chi connectivity index (χ0v) is 19.2. The zero-order chi connectivity index (χ0) is 23.8. The number of piperidine rings is 1. The Bertz CT molecular complexity index is 1010. The number of fused-ring (bicyclic) bond motifs is 1. The summed E-state index contributed by atoms with van der Waals surface area (Å²) < 4.78 is 56.4. The van der Waals surface area contributed by atoms with Gasteiger partial charge in [0.2, 0.25) is 5.91 Å². The van der Waals surface area contributed by atoms with Crippen LogP contribution in [0.3, 0.4) is 0 Å². The third-order valence-corrected chi connectivity index (χ3v) is 6.95. The fraction of sp³-hybridized carbons (Fsp3) is 0.565. The number of carbonyl (C=O) groups is 1. The molecule has 0 bridgehead atoms. The molecule has 0 saturated carbocycles. The Kier molecular flexibility index (Phi) is 7.00. The maximum atomic E-state index is 14.3. The van der Waals surface area contributed by atoms with Crippen LogP contribution in [0.1, 0.15) is 48.7 Å². The predicted molar refractivity (Wildman–Crippen MR) is 116 cm³/mol. The second-order valence-electron chi connectivity index (χ2n) is 8.81. The number of aromatic nitrogens is 2. The molecular formula is C23H27ClF4N4O. The highest BCUT2D eigenvalue weighted by Gasteiger charge is 2.41. The number of alkyl halides is 3. The van der Waals surface area contributed by atoms with Crippen LogP contribution in [0, 0.1) is 11.7 Å². The van der Waals surface area contributed by atoms with Crippen molar-refractivity contribution >= 4 is 17.5 Å². The van der Waals surface area contributed by atoms with Gasteiger partial charge in [-0.25, -0.2) is 4.39 Å². The van der Waals surface area contributed by atoms with Gasteiger partial charge in [-0.3, -0.25) is 9.48 Å². The van der Waals surface area contributed by atoms with Gasteiger partial charge in [0.1, 0.15) is 5.82 Å². The molecule has 0 N–H and O–H groups in total. The predicted octanol–water partition coefficient (Wildman–Crippen LogP) is 4.75. The molecule has 1 aromatic carbocycles. The lowest BCUT2D eigenvalue weighted by Crippen LogP contribution is -2.40. The highest BCUT2D eigenvalue weighted by Crippen LogP contribution is 2.36. The summed E-state index contributed by atoms with van der Waals surface area (Å²) in [6, 6.07) is 4.05. The summed E-state index contributed by atoms with van der Waals surface area (Å²) in [5.41, 5.74) is -0.357. The van der Waals surface area contributed by atoms with Gasteiger partial charge in [0.25, 0.3) is 0 Å². The molecule has 2 aromatic rings. The van der Waals surface area contributed by atoms with E-state index in [9.17, 15) is 22.4 Å². The van der Waals surface area contributed by atoms with E-state index in [1.165, 1.54) is 16.8 Å². The molecule has 1 saturated heterocycles. The monoisotopic (exact) mass is 486 g/mol. The molecule has 0 unspecified atom stereocenters. The van der Waals surface area contributed by atoms with E-state index >= 15 is 0 Å². The number of amides is 1. The normalized spacial score (nSPS) is 17.9. The van der Waals surface area contributed by atoms with Crippen LogP contribution in [-0.4, -0.2) is 51.7 Å². The van der Waals surface area contributed by atoms with Crippen LogP contribution in [-0.2, 0) is 30.5 Å². The first kappa shape index (κ1) is 24.0. The fourth-order valence-electron chi connectivity index (χ4n) is 4.75. The van der Waals surface area contributed by atoms with Gasteiger partial charge in [-0.15, -0.1) is 0 Å². The summed E-state index contributed by atoms with van der Waals surface area (Å²) >= 11 is 5.79. The fourth-order valence-corrected chi connectivity index (χ4v) is 4.90. The Morgan fingerprint density at radius 2 is 1.94 bits per heavy atom. The number of hydrogen-bond acceptors (Lipinski definition) is 3. The summed E-state index contributed by atoms with van der Waals surface area (Å²) in [6.07, 6.45) is -2.24. The van der Waals surface area contributed by atoms with Gasteiger partial charge in [0, 0.05) is 29.1 Å². The summed E-state index contributed by atoms with van der Waals surface area (Å²) in [5, 5.41) is 4.00. The zero-order valence-electron chi connectivity index (χ0n) is 18.5. The standard InChI is InChI=1S/C23H27ClF4N4O/c1-2-30-8-5-15(6-9-30)11-21(33)31-10-7-18-20(14-31)32(29-22(18)23(26,27)28)13-16-3-4-17(24)12-19(16)25/h3-4,12,15H,2,5-11,13-14H2,1H3. The van der Waals surface area contributed by atoms with Crippen LogP contribution < -0.4 is 0 Å². The third-order valence-electron chi connectivity index (χ3n) is 6.71. The van der Waals surface area contributed by atoms with Gasteiger partial charge in [-0.05, 0) is 56.9 Å². The van der Waals surface area contributed by atoms with Crippen LogP contribution >= 0.6 is 11.6 Å². The van der Waals surface area contributed by atoms with Crippen molar-refractivity contribution in [3.8, 4) is 0 Å². The number of hydrogen-bond donors (Lipinski definition) is 0. The lowest BCUT2D eigenvalue weighted by molar-refractivity contribution is -0.142. The highest BCUT2D eigenvalue weighted by atomic mass is 35.5. The van der Waals surface area contributed by atoms with E-state index in [1.807, 2.05) is 0 Å². The molecule has 33 heavy (non-hydrogen) atoms. The second-order valence-corrected chi connectivity index (χ2v) is 9.25. The van der Waals surface area contributed by atoms with E-state index in [2.05, 4.69) is 16.9 Å². The molecule has 0 atom stereocenters. The average molecular weight is 487 g/mol. The molecule has 1 amide bonds. The summed E-state index contributed by atoms with van der Waals surface area (Å²) in [4.78, 5) is 16.9. The lowest BCUT2D eigenvalue weighted by atomic mass is 9.92. The maximum Gasteiger partial charge on any atom is 0.435 e. The minimum Gasteiger partial charge on any atom is -0.336 e. The Balaban J connectivity index is 1.53. The van der Waals surface area contributed by atoms with Crippen LogP contribution in [0.4, 0.5) is 17.6 Å². The summed E-state index contributed by atoms with van der Waals surface area (Å²) in [6.45, 7) is 5.14. The van der Waals surface area contributed by atoms with Crippen molar-refractivity contribution < 1.29 is 22.4 Å². The van der Waals surface area contributed by atoms with Crippen molar-refractivity contribution in [1.82, 2.24) is 19.6 Å². The first-order valence-electron chi connectivity index (χ1n) is 11.3. The molecule has 2 aliphatic rings. The topological polar surface area (TPSA) is 41.4 Å².